The number of rotatable bonds is 6. The van der Waals surface area contributed by atoms with Gasteiger partial charge >= 0.3 is 0 Å². The normalized spacial score (nSPS) is 16.5. The second-order valence-corrected chi connectivity index (χ2v) is 5.98. The average Bonchev–Trinajstić information content (AvgIpc) is 2.59. The fraction of sp³-hybridized carbons (Fsp3) is 0.556. The van der Waals surface area contributed by atoms with Crippen LogP contribution in [-0.2, 0) is 4.79 Å². The number of likely N-dealkylation sites (tertiary alicyclic amines) is 1. The molecule has 0 radical (unpaired) electrons. The van der Waals surface area contributed by atoms with E-state index in [1.165, 1.54) is 0 Å². The van der Waals surface area contributed by atoms with Crippen molar-refractivity contribution in [1.82, 2.24) is 4.90 Å². The highest BCUT2D eigenvalue weighted by atomic mass is 16.5. The molecule has 5 nitrogen and oxygen atoms in total. The Morgan fingerprint density at radius 3 is 2.61 bits per heavy atom. The van der Waals surface area contributed by atoms with Gasteiger partial charge in [-0.05, 0) is 30.9 Å². The molecule has 1 aromatic carbocycles. The molecule has 1 aliphatic heterocycles. The Hall–Kier alpha value is -2.22. The molecule has 0 aromatic heterocycles. The molecule has 23 heavy (non-hydrogen) atoms. The van der Waals surface area contributed by atoms with Crippen molar-refractivity contribution in [3.05, 3.63) is 24.3 Å². The van der Waals surface area contributed by atoms with Gasteiger partial charge in [-0.15, -0.1) is 0 Å². The van der Waals surface area contributed by atoms with Gasteiger partial charge in [0, 0.05) is 19.5 Å². The molecule has 0 spiro atoms. The summed E-state index contributed by atoms with van der Waals surface area (Å²) < 4.78 is 10.9. The summed E-state index contributed by atoms with van der Waals surface area (Å²) in [6.07, 6.45) is 2.42. The SMILES string of the molecule is COc1ccccc1OCCC(C#N)C(=O)N1CCC(C)CC1. The molecule has 1 aromatic rings. The number of nitrogens with zero attached hydrogens (tertiary/aromatic N) is 2. The molecule has 1 amide bonds. The first kappa shape index (κ1) is 17.1. The third-order valence-electron chi connectivity index (χ3n) is 4.28. The molecule has 0 saturated carbocycles. The number of para-hydroxylation sites is 2. The lowest BCUT2D eigenvalue weighted by Crippen LogP contribution is -2.41. The van der Waals surface area contributed by atoms with Crippen molar-refractivity contribution >= 4 is 5.91 Å². The maximum atomic E-state index is 12.4. The van der Waals surface area contributed by atoms with Crippen molar-refractivity contribution in [3.63, 3.8) is 0 Å². The lowest BCUT2D eigenvalue weighted by molar-refractivity contribution is -0.135. The molecule has 1 unspecified atom stereocenters. The zero-order chi connectivity index (χ0) is 16.7. The van der Waals surface area contributed by atoms with Crippen LogP contribution in [0.5, 0.6) is 11.5 Å². The number of ether oxygens (including phenoxy) is 2. The van der Waals surface area contributed by atoms with E-state index >= 15 is 0 Å². The van der Waals surface area contributed by atoms with Gasteiger partial charge in [0.05, 0.1) is 19.8 Å². The maximum absolute atomic E-state index is 12.4. The third kappa shape index (κ3) is 4.62. The van der Waals surface area contributed by atoms with Crippen molar-refractivity contribution in [2.45, 2.75) is 26.2 Å². The van der Waals surface area contributed by atoms with E-state index in [0.29, 0.717) is 30.4 Å². The molecule has 2 rings (SSSR count). The molecule has 1 aliphatic rings. The summed E-state index contributed by atoms with van der Waals surface area (Å²) in [4.78, 5) is 14.2. The standard InChI is InChI=1S/C18H24N2O3/c1-14-7-10-20(11-8-14)18(21)15(13-19)9-12-23-17-6-4-3-5-16(17)22-2/h3-6,14-15H,7-12H2,1-2H3. The van der Waals surface area contributed by atoms with Crippen LogP contribution in [-0.4, -0.2) is 37.6 Å². The van der Waals surface area contributed by atoms with Crippen molar-refractivity contribution in [3.8, 4) is 17.6 Å². The molecular weight excluding hydrogens is 292 g/mol. The van der Waals surface area contributed by atoms with Crippen LogP contribution in [0.25, 0.3) is 0 Å². The second kappa shape index (κ2) is 8.42. The summed E-state index contributed by atoms with van der Waals surface area (Å²) in [5.74, 6) is 1.23. The van der Waals surface area contributed by atoms with E-state index in [1.54, 1.807) is 7.11 Å². The molecule has 124 valence electrons. The first-order valence-electron chi connectivity index (χ1n) is 8.10. The number of carbonyl (C=O) groups excluding carboxylic acids is 1. The van der Waals surface area contributed by atoms with Crippen LogP contribution in [0.4, 0.5) is 0 Å². The van der Waals surface area contributed by atoms with Gasteiger partial charge in [0.1, 0.15) is 5.92 Å². The van der Waals surface area contributed by atoms with E-state index in [0.717, 1.165) is 25.9 Å². The molecule has 1 atom stereocenters. The number of amides is 1. The van der Waals surface area contributed by atoms with Gasteiger partial charge in [-0.25, -0.2) is 0 Å². The largest absolute Gasteiger partial charge is 0.493 e. The molecule has 5 heteroatoms. The van der Waals surface area contributed by atoms with Gasteiger partial charge in [0.15, 0.2) is 11.5 Å². The van der Waals surface area contributed by atoms with Crippen LogP contribution in [0, 0.1) is 23.2 Å². The predicted octanol–water partition coefficient (Wildman–Crippen LogP) is 2.86. The molecule has 0 bridgehead atoms. The van der Waals surface area contributed by atoms with E-state index in [2.05, 4.69) is 13.0 Å². The fourth-order valence-electron chi connectivity index (χ4n) is 2.72. The summed E-state index contributed by atoms with van der Waals surface area (Å²) in [6.45, 7) is 4.02. The molecule has 1 saturated heterocycles. The summed E-state index contributed by atoms with van der Waals surface area (Å²) in [5, 5.41) is 9.30. The van der Waals surface area contributed by atoms with Gasteiger partial charge in [-0.2, -0.15) is 5.26 Å². The highest BCUT2D eigenvalue weighted by molar-refractivity contribution is 5.81. The predicted molar refractivity (Wildman–Crippen MR) is 87.2 cm³/mol. The minimum atomic E-state index is -0.641. The molecule has 1 fully saturated rings. The zero-order valence-electron chi connectivity index (χ0n) is 13.8. The van der Waals surface area contributed by atoms with Crippen LogP contribution in [0.15, 0.2) is 24.3 Å². The minimum Gasteiger partial charge on any atom is -0.493 e. The highest BCUT2D eigenvalue weighted by Crippen LogP contribution is 2.26. The third-order valence-corrected chi connectivity index (χ3v) is 4.28. The summed E-state index contributed by atoms with van der Waals surface area (Å²) in [7, 11) is 1.58. The van der Waals surface area contributed by atoms with Crippen LogP contribution in [0.2, 0.25) is 0 Å². The Balaban J connectivity index is 1.85. The van der Waals surface area contributed by atoms with Crippen molar-refractivity contribution in [2.24, 2.45) is 11.8 Å². The van der Waals surface area contributed by atoms with E-state index < -0.39 is 5.92 Å². The van der Waals surface area contributed by atoms with Gasteiger partial charge < -0.3 is 14.4 Å². The summed E-state index contributed by atoms with van der Waals surface area (Å²) >= 11 is 0. The summed E-state index contributed by atoms with van der Waals surface area (Å²) in [5.41, 5.74) is 0. The summed E-state index contributed by atoms with van der Waals surface area (Å²) in [6, 6.07) is 9.48. The molecule has 0 aliphatic carbocycles. The van der Waals surface area contributed by atoms with E-state index in [1.807, 2.05) is 29.2 Å². The second-order valence-electron chi connectivity index (χ2n) is 5.98. The van der Waals surface area contributed by atoms with E-state index in [9.17, 15) is 10.1 Å². The fourth-order valence-corrected chi connectivity index (χ4v) is 2.72. The number of hydrogen-bond donors (Lipinski definition) is 0. The average molecular weight is 316 g/mol. The quantitative estimate of drug-likeness (QED) is 0.809. The van der Waals surface area contributed by atoms with Crippen molar-refractivity contribution < 1.29 is 14.3 Å². The Morgan fingerprint density at radius 1 is 1.35 bits per heavy atom. The van der Waals surface area contributed by atoms with Gasteiger partial charge in [-0.1, -0.05) is 19.1 Å². The lowest BCUT2D eigenvalue weighted by atomic mass is 9.97. The lowest BCUT2D eigenvalue weighted by Gasteiger charge is -2.31. The Kier molecular flexibility index (Phi) is 6.28. The van der Waals surface area contributed by atoms with Crippen molar-refractivity contribution in [1.29, 1.82) is 5.26 Å². The van der Waals surface area contributed by atoms with Crippen LogP contribution in [0.3, 0.4) is 0 Å². The number of hydrogen-bond acceptors (Lipinski definition) is 4. The van der Waals surface area contributed by atoms with Crippen LogP contribution < -0.4 is 9.47 Å². The molecule has 0 N–H and O–H groups in total. The highest BCUT2D eigenvalue weighted by Gasteiger charge is 2.27. The van der Waals surface area contributed by atoms with E-state index in [-0.39, 0.29) is 5.91 Å². The first-order valence-corrected chi connectivity index (χ1v) is 8.10. The van der Waals surface area contributed by atoms with Crippen molar-refractivity contribution in [2.75, 3.05) is 26.8 Å². The number of benzene rings is 1. The maximum Gasteiger partial charge on any atom is 0.240 e. The molecular formula is C18H24N2O3. The first-order chi connectivity index (χ1) is 11.2. The number of nitriles is 1. The number of carbonyl (C=O) groups is 1. The Labute approximate surface area is 137 Å². The minimum absolute atomic E-state index is 0.0666. The molecule has 1 heterocycles. The van der Waals surface area contributed by atoms with Crippen LogP contribution in [0.1, 0.15) is 26.2 Å². The van der Waals surface area contributed by atoms with Gasteiger partial charge in [-0.3, -0.25) is 4.79 Å². The van der Waals surface area contributed by atoms with Gasteiger partial charge in [0.2, 0.25) is 5.91 Å². The van der Waals surface area contributed by atoms with E-state index in [4.69, 9.17) is 9.47 Å². The van der Waals surface area contributed by atoms with Crippen LogP contribution >= 0.6 is 0 Å². The zero-order valence-corrected chi connectivity index (χ0v) is 13.8. The number of methoxy groups -OCH3 is 1. The van der Waals surface area contributed by atoms with Gasteiger partial charge in [0.25, 0.3) is 0 Å². The topological polar surface area (TPSA) is 62.6 Å². The number of piperidine rings is 1. The monoisotopic (exact) mass is 316 g/mol. The smallest absolute Gasteiger partial charge is 0.240 e. The Morgan fingerprint density at radius 2 is 2.00 bits per heavy atom. The Bertz CT molecular complexity index is 560.